The molecule has 0 unspecified atom stereocenters. The number of thiophene rings is 1. The van der Waals surface area contributed by atoms with E-state index in [0.717, 1.165) is 22.4 Å². The lowest BCUT2D eigenvalue weighted by atomic mass is 10.2. The van der Waals surface area contributed by atoms with Crippen molar-refractivity contribution in [3.05, 3.63) is 71.4 Å². The summed E-state index contributed by atoms with van der Waals surface area (Å²) in [7, 11) is 0. The number of carbonyl (C=O) groups is 1. The zero-order valence-electron chi connectivity index (χ0n) is 13.4. The number of ether oxygens (including phenoxy) is 1. The third kappa shape index (κ3) is 4.20. The van der Waals surface area contributed by atoms with E-state index < -0.39 is 0 Å². The Morgan fingerprint density at radius 3 is 2.88 bits per heavy atom. The number of carbonyl (C=O) groups excluding carboxylic acids is 1. The summed E-state index contributed by atoms with van der Waals surface area (Å²) in [6.45, 7) is 2.39. The number of aryl methyl sites for hydroxylation is 1. The minimum atomic E-state index is -0.153. The highest BCUT2D eigenvalue weighted by molar-refractivity contribution is 7.13. The number of para-hydroxylation sites is 1. The molecule has 122 valence electrons. The summed E-state index contributed by atoms with van der Waals surface area (Å²) in [5.74, 6) is 0.578. The van der Waals surface area contributed by atoms with Gasteiger partial charge in [-0.25, -0.2) is 0 Å². The van der Waals surface area contributed by atoms with Gasteiger partial charge in [0.1, 0.15) is 5.75 Å². The van der Waals surface area contributed by atoms with Crippen molar-refractivity contribution in [2.75, 3.05) is 6.61 Å². The molecule has 0 saturated heterocycles. The van der Waals surface area contributed by atoms with Gasteiger partial charge in [0.2, 0.25) is 0 Å². The van der Waals surface area contributed by atoms with Crippen LogP contribution in [-0.2, 0) is 11.3 Å². The molecular formula is C19H18N2O2S. The molecule has 2 aromatic heterocycles. The molecule has 5 heteroatoms. The van der Waals surface area contributed by atoms with Crippen LogP contribution in [0.2, 0.25) is 0 Å². The maximum atomic E-state index is 12.0. The molecule has 1 N–H and O–H groups in total. The third-order valence-electron chi connectivity index (χ3n) is 3.54. The van der Waals surface area contributed by atoms with Gasteiger partial charge >= 0.3 is 0 Å². The third-order valence-corrected chi connectivity index (χ3v) is 4.46. The molecule has 24 heavy (non-hydrogen) atoms. The Labute approximate surface area is 145 Å². The number of hydrogen-bond acceptors (Lipinski definition) is 4. The van der Waals surface area contributed by atoms with Gasteiger partial charge in [-0.15, -0.1) is 11.3 Å². The summed E-state index contributed by atoms with van der Waals surface area (Å²) in [5, 5.41) is 4.90. The molecule has 3 aromatic rings. The fourth-order valence-electron chi connectivity index (χ4n) is 2.28. The number of benzene rings is 1. The quantitative estimate of drug-likeness (QED) is 0.743. The molecule has 0 aliphatic rings. The second-order valence-corrected chi connectivity index (χ2v) is 6.34. The first-order valence-corrected chi connectivity index (χ1v) is 8.53. The molecule has 2 heterocycles. The maximum Gasteiger partial charge on any atom is 0.258 e. The SMILES string of the molecule is Cc1ccccc1OCC(=O)NCc1cncc(-c2cccs2)c1. The Hall–Kier alpha value is -2.66. The van der Waals surface area contributed by atoms with Crippen molar-refractivity contribution in [1.82, 2.24) is 10.3 Å². The first-order valence-electron chi connectivity index (χ1n) is 7.65. The monoisotopic (exact) mass is 338 g/mol. The minimum Gasteiger partial charge on any atom is -0.484 e. The molecule has 0 saturated carbocycles. The summed E-state index contributed by atoms with van der Waals surface area (Å²) >= 11 is 1.67. The van der Waals surface area contributed by atoms with Crippen LogP contribution in [-0.4, -0.2) is 17.5 Å². The summed E-state index contributed by atoms with van der Waals surface area (Å²) < 4.78 is 5.54. The van der Waals surface area contributed by atoms with Crippen molar-refractivity contribution in [2.24, 2.45) is 0 Å². The molecule has 0 bridgehead atoms. The second-order valence-electron chi connectivity index (χ2n) is 5.39. The van der Waals surface area contributed by atoms with Crippen LogP contribution in [0.5, 0.6) is 5.75 Å². The van der Waals surface area contributed by atoms with Crippen LogP contribution in [0.3, 0.4) is 0 Å². The molecular weight excluding hydrogens is 320 g/mol. The maximum absolute atomic E-state index is 12.0. The molecule has 4 nitrogen and oxygen atoms in total. The average Bonchev–Trinajstić information content (AvgIpc) is 3.14. The molecule has 0 spiro atoms. The topological polar surface area (TPSA) is 51.2 Å². The van der Waals surface area contributed by atoms with Crippen molar-refractivity contribution in [3.8, 4) is 16.2 Å². The zero-order chi connectivity index (χ0) is 16.8. The Morgan fingerprint density at radius 1 is 1.21 bits per heavy atom. The Bertz CT molecular complexity index is 816. The molecule has 0 radical (unpaired) electrons. The Balaban J connectivity index is 1.53. The number of aromatic nitrogens is 1. The van der Waals surface area contributed by atoms with Gasteiger partial charge in [0.25, 0.3) is 5.91 Å². The summed E-state index contributed by atoms with van der Waals surface area (Å²) in [4.78, 5) is 17.4. The molecule has 0 atom stereocenters. The van der Waals surface area contributed by atoms with E-state index in [1.807, 2.05) is 54.9 Å². The molecule has 1 aromatic carbocycles. The minimum absolute atomic E-state index is 0.00287. The number of amides is 1. The van der Waals surface area contributed by atoms with Gasteiger partial charge in [-0.3, -0.25) is 9.78 Å². The largest absolute Gasteiger partial charge is 0.484 e. The molecule has 3 rings (SSSR count). The highest BCUT2D eigenvalue weighted by Gasteiger charge is 2.06. The van der Waals surface area contributed by atoms with Gasteiger partial charge in [-0.05, 0) is 41.6 Å². The predicted octanol–water partition coefficient (Wildman–Crippen LogP) is 3.81. The highest BCUT2D eigenvalue weighted by atomic mass is 32.1. The van der Waals surface area contributed by atoms with E-state index in [2.05, 4.69) is 16.4 Å². The number of nitrogens with one attached hydrogen (secondary N) is 1. The van der Waals surface area contributed by atoms with Crippen molar-refractivity contribution in [2.45, 2.75) is 13.5 Å². The lowest BCUT2D eigenvalue weighted by Gasteiger charge is -2.09. The van der Waals surface area contributed by atoms with Crippen LogP contribution in [0.1, 0.15) is 11.1 Å². The fraction of sp³-hybridized carbons (Fsp3) is 0.158. The van der Waals surface area contributed by atoms with Crippen molar-refractivity contribution < 1.29 is 9.53 Å². The second kappa shape index (κ2) is 7.75. The number of rotatable bonds is 6. The highest BCUT2D eigenvalue weighted by Crippen LogP contribution is 2.24. The first kappa shape index (κ1) is 16.2. The summed E-state index contributed by atoms with van der Waals surface area (Å²) in [6, 6.07) is 13.8. The summed E-state index contributed by atoms with van der Waals surface area (Å²) in [5.41, 5.74) is 3.04. The Kier molecular flexibility index (Phi) is 5.23. The van der Waals surface area contributed by atoms with Crippen molar-refractivity contribution >= 4 is 17.2 Å². The standard InChI is InChI=1S/C19H18N2O2S/c1-14-5-2-3-6-17(14)23-13-19(22)21-11-15-9-16(12-20-10-15)18-7-4-8-24-18/h2-10,12H,11,13H2,1H3,(H,21,22). The van der Waals surface area contributed by atoms with Gasteiger partial charge < -0.3 is 10.1 Å². The fourth-order valence-corrected chi connectivity index (χ4v) is 2.98. The van der Waals surface area contributed by atoms with Gasteiger partial charge in [0.05, 0.1) is 0 Å². The van der Waals surface area contributed by atoms with E-state index in [0.29, 0.717) is 6.54 Å². The first-order chi connectivity index (χ1) is 11.7. The average molecular weight is 338 g/mol. The van der Waals surface area contributed by atoms with Crippen LogP contribution in [0.25, 0.3) is 10.4 Å². The van der Waals surface area contributed by atoms with Gasteiger partial charge in [0.15, 0.2) is 6.61 Å². The van der Waals surface area contributed by atoms with Crippen LogP contribution >= 0.6 is 11.3 Å². The van der Waals surface area contributed by atoms with Crippen LogP contribution in [0.4, 0.5) is 0 Å². The summed E-state index contributed by atoms with van der Waals surface area (Å²) in [6.07, 6.45) is 3.60. The predicted molar refractivity (Wildman–Crippen MR) is 96.1 cm³/mol. The number of nitrogens with zero attached hydrogens (tertiary/aromatic N) is 1. The van der Waals surface area contributed by atoms with Crippen LogP contribution in [0, 0.1) is 6.92 Å². The number of pyridine rings is 1. The molecule has 0 fully saturated rings. The van der Waals surface area contributed by atoms with Crippen molar-refractivity contribution in [3.63, 3.8) is 0 Å². The molecule has 0 aliphatic carbocycles. The van der Waals surface area contributed by atoms with Gasteiger partial charge in [0, 0.05) is 29.4 Å². The van der Waals surface area contributed by atoms with E-state index in [-0.39, 0.29) is 12.5 Å². The smallest absolute Gasteiger partial charge is 0.258 e. The van der Waals surface area contributed by atoms with E-state index in [1.165, 1.54) is 4.88 Å². The Morgan fingerprint density at radius 2 is 2.08 bits per heavy atom. The van der Waals surface area contributed by atoms with Crippen molar-refractivity contribution in [1.29, 1.82) is 0 Å². The number of hydrogen-bond donors (Lipinski definition) is 1. The van der Waals surface area contributed by atoms with Gasteiger partial charge in [-0.2, -0.15) is 0 Å². The van der Waals surface area contributed by atoms with E-state index in [9.17, 15) is 4.79 Å². The van der Waals surface area contributed by atoms with E-state index >= 15 is 0 Å². The van der Waals surface area contributed by atoms with E-state index in [1.54, 1.807) is 17.5 Å². The lowest BCUT2D eigenvalue weighted by Crippen LogP contribution is -2.28. The lowest BCUT2D eigenvalue weighted by molar-refractivity contribution is -0.123. The van der Waals surface area contributed by atoms with Gasteiger partial charge in [-0.1, -0.05) is 24.3 Å². The molecule has 0 aliphatic heterocycles. The van der Waals surface area contributed by atoms with Crippen LogP contribution in [0.15, 0.2) is 60.2 Å². The molecule has 1 amide bonds. The van der Waals surface area contributed by atoms with Crippen LogP contribution < -0.4 is 10.1 Å². The zero-order valence-corrected chi connectivity index (χ0v) is 14.2. The normalized spacial score (nSPS) is 10.4. The van der Waals surface area contributed by atoms with E-state index in [4.69, 9.17) is 4.74 Å².